The number of rotatable bonds is 4. The molecule has 0 saturated heterocycles. The summed E-state index contributed by atoms with van der Waals surface area (Å²) in [6.45, 7) is 0. The summed E-state index contributed by atoms with van der Waals surface area (Å²) in [5.41, 5.74) is 0.177. The normalized spacial score (nSPS) is 11.2. The summed E-state index contributed by atoms with van der Waals surface area (Å²) in [5, 5.41) is 5.37. The summed E-state index contributed by atoms with van der Waals surface area (Å²) in [5.74, 6) is -0.241. The predicted molar refractivity (Wildman–Crippen MR) is 87.8 cm³/mol. The monoisotopic (exact) mass is 346 g/mol. The van der Waals surface area contributed by atoms with Crippen molar-refractivity contribution in [3.05, 3.63) is 78.3 Å². The maximum Gasteiger partial charge on any atom is 0.418 e. The van der Waals surface area contributed by atoms with Gasteiger partial charge in [-0.1, -0.05) is 12.1 Å². The van der Waals surface area contributed by atoms with Gasteiger partial charge in [-0.25, -0.2) is 0 Å². The molecule has 0 saturated carbocycles. The number of hydrogen-bond acceptors (Lipinski definition) is 3. The highest BCUT2D eigenvalue weighted by Gasteiger charge is 2.33. The van der Waals surface area contributed by atoms with Gasteiger partial charge in [-0.05, 0) is 48.5 Å². The van der Waals surface area contributed by atoms with Gasteiger partial charge < -0.3 is 15.1 Å². The Morgan fingerprint density at radius 1 is 0.880 bits per heavy atom. The molecule has 2 N–H and O–H groups in total. The zero-order chi connectivity index (χ0) is 17.9. The summed E-state index contributed by atoms with van der Waals surface area (Å²) in [6, 6.07) is 14.7. The topological polar surface area (TPSA) is 54.3 Å². The van der Waals surface area contributed by atoms with Crippen molar-refractivity contribution in [3.63, 3.8) is 0 Å². The Morgan fingerprint density at radius 2 is 1.56 bits per heavy atom. The summed E-state index contributed by atoms with van der Waals surface area (Å²) in [7, 11) is 0. The van der Waals surface area contributed by atoms with Crippen molar-refractivity contribution >= 4 is 23.0 Å². The lowest BCUT2D eigenvalue weighted by atomic mass is 10.1. The highest BCUT2D eigenvalue weighted by Crippen LogP contribution is 2.35. The quantitative estimate of drug-likeness (QED) is 0.674. The van der Waals surface area contributed by atoms with E-state index in [4.69, 9.17) is 4.42 Å². The van der Waals surface area contributed by atoms with E-state index in [2.05, 4.69) is 10.6 Å². The molecule has 7 heteroatoms. The second-order valence-electron chi connectivity index (χ2n) is 5.18. The number of carbonyl (C=O) groups excluding carboxylic acids is 1. The Hall–Kier alpha value is -3.22. The lowest BCUT2D eigenvalue weighted by Gasteiger charge is -2.14. The van der Waals surface area contributed by atoms with E-state index in [1.807, 2.05) is 0 Å². The van der Waals surface area contributed by atoms with Crippen molar-refractivity contribution in [2.45, 2.75) is 6.18 Å². The van der Waals surface area contributed by atoms with Crippen LogP contribution < -0.4 is 10.6 Å². The van der Waals surface area contributed by atoms with E-state index >= 15 is 0 Å². The molecule has 25 heavy (non-hydrogen) atoms. The van der Waals surface area contributed by atoms with Gasteiger partial charge in [0.1, 0.15) is 0 Å². The first kappa shape index (κ1) is 16.6. The molecule has 0 atom stereocenters. The van der Waals surface area contributed by atoms with E-state index in [-0.39, 0.29) is 11.4 Å². The highest BCUT2D eigenvalue weighted by atomic mass is 19.4. The van der Waals surface area contributed by atoms with E-state index in [0.717, 1.165) is 6.07 Å². The van der Waals surface area contributed by atoms with Crippen LogP contribution in [0.4, 0.5) is 30.2 Å². The van der Waals surface area contributed by atoms with Gasteiger partial charge in [0.15, 0.2) is 5.76 Å². The fourth-order valence-electron chi connectivity index (χ4n) is 2.23. The molecule has 3 aromatic rings. The van der Waals surface area contributed by atoms with E-state index in [1.54, 1.807) is 30.3 Å². The fourth-order valence-corrected chi connectivity index (χ4v) is 2.23. The largest absolute Gasteiger partial charge is 0.459 e. The summed E-state index contributed by atoms with van der Waals surface area (Å²) in [4.78, 5) is 11.9. The molecule has 0 bridgehead atoms. The predicted octanol–water partition coefficient (Wildman–Crippen LogP) is 5.29. The molecular formula is C18H13F3N2O2. The van der Waals surface area contributed by atoms with Crippen LogP contribution in [-0.2, 0) is 6.18 Å². The average Bonchev–Trinajstić information content (AvgIpc) is 3.11. The molecule has 4 nitrogen and oxygen atoms in total. The van der Waals surface area contributed by atoms with Crippen molar-refractivity contribution in [2.24, 2.45) is 0 Å². The summed E-state index contributed by atoms with van der Waals surface area (Å²) >= 11 is 0. The van der Waals surface area contributed by atoms with Crippen molar-refractivity contribution in [1.82, 2.24) is 0 Å². The molecule has 3 rings (SSSR count). The number of hydrogen-bond donors (Lipinski definition) is 2. The molecule has 0 aliphatic heterocycles. The van der Waals surface area contributed by atoms with Crippen molar-refractivity contribution in [3.8, 4) is 0 Å². The molecule has 1 aromatic heterocycles. The fraction of sp³-hybridized carbons (Fsp3) is 0.0556. The average molecular weight is 346 g/mol. The van der Waals surface area contributed by atoms with E-state index in [1.165, 1.54) is 30.5 Å². The number of furan rings is 1. The van der Waals surface area contributed by atoms with Gasteiger partial charge in [0.05, 0.1) is 17.5 Å². The van der Waals surface area contributed by atoms with Crippen LogP contribution >= 0.6 is 0 Å². The van der Waals surface area contributed by atoms with Gasteiger partial charge in [-0.3, -0.25) is 4.79 Å². The molecule has 0 fully saturated rings. The lowest BCUT2D eigenvalue weighted by molar-refractivity contribution is -0.136. The van der Waals surface area contributed by atoms with Crippen LogP contribution in [0.5, 0.6) is 0 Å². The Bertz CT molecular complexity index is 857. The van der Waals surface area contributed by atoms with Gasteiger partial charge in [0, 0.05) is 11.4 Å². The minimum absolute atomic E-state index is 0.0395. The number of para-hydroxylation sites is 1. The van der Waals surface area contributed by atoms with Crippen molar-refractivity contribution in [1.29, 1.82) is 0 Å². The van der Waals surface area contributed by atoms with Gasteiger partial charge >= 0.3 is 6.18 Å². The zero-order valence-corrected chi connectivity index (χ0v) is 12.8. The van der Waals surface area contributed by atoms with Crippen LogP contribution in [0.25, 0.3) is 0 Å². The van der Waals surface area contributed by atoms with Gasteiger partial charge in [0.25, 0.3) is 5.91 Å². The van der Waals surface area contributed by atoms with E-state index in [0.29, 0.717) is 11.4 Å². The Kier molecular flexibility index (Phi) is 4.47. The molecule has 128 valence electrons. The van der Waals surface area contributed by atoms with Gasteiger partial charge in [-0.2, -0.15) is 13.2 Å². The first-order chi connectivity index (χ1) is 11.9. The third kappa shape index (κ3) is 4.00. The number of nitrogens with one attached hydrogen (secondary N) is 2. The first-order valence-electron chi connectivity index (χ1n) is 7.31. The summed E-state index contributed by atoms with van der Waals surface area (Å²) in [6.07, 6.45) is -3.05. The Balaban J connectivity index is 1.73. The standard InChI is InChI=1S/C18H13F3N2O2/c19-18(20,21)14-4-1-2-5-15(14)22-12-7-9-13(10-8-12)23-17(24)16-6-3-11-25-16/h1-11,22H,(H,23,24). The maximum absolute atomic E-state index is 13.0. The second-order valence-corrected chi connectivity index (χ2v) is 5.18. The van der Waals surface area contributed by atoms with Crippen LogP contribution in [0.1, 0.15) is 16.1 Å². The number of anilines is 3. The van der Waals surface area contributed by atoms with E-state index in [9.17, 15) is 18.0 Å². The molecule has 1 amide bonds. The number of alkyl halides is 3. The molecular weight excluding hydrogens is 333 g/mol. The van der Waals surface area contributed by atoms with E-state index < -0.39 is 17.6 Å². The Morgan fingerprint density at radius 3 is 2.20 bits per heavy atom. The number of benzene rings is 2. The SMILES string of the molecule is O=C(Nc1ccc(Nc2ccccc2C(F)(F)F)cc1)c1ccco1. The third-order valence-corrected chi connectivity index (χ3v) is 3.40. The number of halogens is 3. The lowest BCUT2D eigenvalue weighted by Crippen LogP contribution is -2.11. The Labute approximate surface area is 141 Å². The molecule has 0 radical (unpaired) electrons. The molecule has 2 aromatic carbocycles. The first-order valence-corrected chi connectivity index (χ1v) is 7.31. The highest BCUT2D eigenvalue weighted by molar-refractivity contribution is 6.02. The minimum atomic E-state index is -4.44. The second kappa shape index (κ2) is 6.72. The maximum atomic E-state index is 13.0. The van der Waals surface area contributed by atoms with Crippen LogP contribution in [0.15, 0.2) is 71.3 Å². The van der Waals surface area contributed by atoms with Crippen LogP contribution in [0.3, 0.4) is 0 Å². The van der Waals surface area contributed by atoms with Crippen LogP contribution in [0, 0.1) is 0 Å². The van der Waals surface area contributed by atoms with Crippen LogP contribution in [0.2, 0.25) is 0 Å². The third-order valence-electron chi connectivity index (χ3n) is 3.40. The zero-order valence-electron chi connectivity index (χ0n) is 12.8. The molecule has 0 aliphatic carbocycles. The molecule has 0 unspecified atom stereocenters. The van der Waals surface area contributed by atoms with Crippen molar-refractivity contribution < 1.29 is 22.4 Å². The number of carbonyl (C=O) groups is 1. The van der Waals surface area contributed by atoms with Gasteiger partial charge in [-0.15, -0.1) is 0 Å². The number of amides is 1. The molecule has 1 heterocycles. The molecule has 0 spiro atoms. The van der Waals surface area contributed by atoms with Crippen LogP contribution in [-0.4, -0.2) is 5.91 Å². The van der Waals surface area contributed by atoms with Crippen molar-refractivity contribution in [2.75, 3.05) is 10.6 Å². The smallest absolute Gasteiger partial charge is 0.418 e. The van der Waals surface area contributed by atoms with Gasteiger partial charge in [0.2, 0.25) is 0 Å². The minimum Gasteiger partial charge on any atom is -0.459 e. The summed E-state index contributed by atoms with van der Waals surface area (Å²) < 4.78 is 44.0. The molecule has 0 aliphatic rings.